The van der Waals surface area contributed by atoms with Crippen molar-refractivity contribution in [1.82, 2.24) is 4.90 Å². The predicted octanol–water partition coefficient (Wildman–Crippen LogP) is 2.21. The third-order valence-electron chi connectivity index (χ3n) is 3.74. The zero-order valence-corrected chi connectivity index (χ0v) is 11.1. The number of hydrogen-bond donors (Lipinski definition) is 1. The van der Waals surface area contributed by atoms with E-state index in [1.165, 1.54) is 0 Å². The van der Waals surface area contributed by atoms with Crippen molar-refractivity contribution in [3.05, 3.63) is 60.1 Å². The van der Waals surface area contributed by atoms with Crippen LogP contribution >= 0.6 is 0 Å². The second-order valence-electron chi connectivity index (χ2n) is 5.13. The summed E-state index contributed by atoms with van der Waals surface area (Å²) in [7, 11) is 0. The van der Waals surface area contributed by atoms with E-state index in [1.807, 2.05) is 42.5 Å². The van der Waals surface area contributed by atoms with E-state index in [9.17, 15) is 9.90 Å². The topological polar surface area (TPSA) is 53.7 Å². The number of nitrogens with zero attached hydrogens (tertiary/aromatic N) is 1. The van der Waals surface area contributed by atoms with Crippen LogP contribution in [-0.4, -0.2) is 29.1 Å². The Balaban J connectivity index is 1.97. The molecule has 4 heteroatoms. The smallest absolute Gasteiger partial charge is 0.223 e. The van der Waals surface area contributed by atoms with Gasteiger partial charge in [0, 0.05) is 25.5 Å². The highest BCUT2D eigenvalue weighted by atomic mass is 16.3. The predicted molar refractivity (Wildman–Crippen MR) is 73.9 cm³/mol. The number of hydrogen-bond acceptors (Lipinski definition) is 3. The van der Waals surface area contributed by atoms with Gasteiger partial charge >= 0.3 is 0 Å². The largest absolute Gasteiger partial charge is 0.467 e. The van der Waals surface area contributed by atoms with Gasteiger partial charge in [-0.15, -0.1) is 0 Å². The van der Waals surface area contributed by atoms with E-state index in [1.54, 1.807) is 11.2 Å². The summed E-state index contributed by atoms with van der Waals surface area (Å²) in [5.41, 5.74) is 1.02. The molecule has 0 radical (unpaired) electrons. The van der Waals surface area contributed by atoms with Crippen molar-refractivity contribution >= 4 is 5.91 Å². The molecule has 1 aliphatic rings. The SMILES string of the molecule is O=C1CC(CO)CN1C(c1ccccc1)c1ccco1. The number of furan rings is 1. The molecule has 1 amide bonds. The maximum atomic E-state index is 12.2. The van der Waals surface area contributed by atoms with E-state index in [-0.39, 0.29) is 24.5 Å². The molecule has 1 aromatic carbocycles. The van der Waals surface area contributed by atoms with E-state index in [0.29, 0.717) is 13.0 Å². The van der Waals surface area contributed by atoms with Crippen LogP contribution in [0.4, 0.5) is 0 Å². The average molecular weight is 271 g/mol. The molecule has 3 rings (SSSR count). The minimum absolute atomic E-state index is 0.0173. The summed E-state index contributed by atoms with van der Waals surface area (Å²) in [5, 5.41) is 9.28. The summed E-state index contributed by atoms with van der Waals surface area (Å²) in [6.07, 6.45) is 2.02. The summed E-state index contributed by atoms with van der Waals surface area (Å²) >= 11 is 0. The molecule has 2 aromatic rings. The summed E-state index contributed by atoms with van der Waals surface area (Å²) in [5.74, 6) is 0.834. The number of benzene rings is 1. The van der Waals surface area contributed by atoms with Crippen LogP contribution in [-0.2, 0) is 4.79 Å². The fourth-order valence-corrected chi connectivity index (χ4v) is 2.76. The number of carbonyl (C=O) groups excluding carboxylic acids is 1. The molecule has 2 unspecified atom stereocenters. The van der Waals surface area contributed by atoms with Crippen molar-refractivity contribution < 1.29 is 14.3 Å². The van der Waals surface area contributed by atoms with Gasteiger partial charge in [-0.1, -0.05) is 30.3 Å². The van der Waals surface area contributed by atoms with Crippen molar-refractivity contribution in [2.45, 2.75) is 12.5 Å². The lowest BCUT2D eigenvalue weighted by Gasteiger charge is -2.27. The number of likely N-dealkylation sites (tertiary alicyclic amines) is 1. The molecule has 1 saturated heterocycles. The highest BCUT2D eigenvalue weighted by Crippen LogP contribution is 2.33. The molecule has 1 N–H and O–H groups in total. The van der Waals surface area contributed by atoms with Crippen LogP contribution in [0.5, 0.6) is 0 Å². The highest BCUT2D eigenvalue weighted by molar-refractivity contribution is 5.79. The Morgan fingerprint density at radius 1 is 1.25 bits per heavy atom. The molecule has 4 nitrogen and oxygen atoms in total. The van der Waals surface area contributed by atoms with Crippen LogP contribution in [0.15, 0.2) is 53.1 Å². The van der Waals surface area contributed by atoms with Crippen LogP contribution in [0, 0.1) is 5.92 Å². The standard InChI is InChI=1S/C16H17NO3/c18-11-12-9-15(19)17(10-12)16(14-7-4-8-20-14)13-5-2-1-3-6-13/h1-8,12,16,18H,9-11H2. The van der Waals surface area contributed by atoms with Crippen molar-refractivity contribution in [2.24, 2.45) is 5.92 Å². The quantitative estimate of drug-likeness (QED) is 0.927. The second kappa shape index (κ2) is 5.51. The summed E-state index contributed by atoms with van der Waals surface area (Å²) in [6.45, 7) is 0.609. The van der Waals surface area contributed by atoms with Crippen LogP contribution in [0.1, 0.15) is 23.8 Å². The Labute approximate surface area is 117 Å². The second-order valence-corrected chi connectivity index (χ2v) is 5.13. The van der Waals surface area contributed by atoms with Crippen molar-refractivity contribution in [3.8, 4) is 0 Å². The molecule has 0 aliphatic carbocycles. The molecule has 1 aliphatic heterocycles. The maximum absolute atomic E-state index is 12.2. The van der Waals surface area contributed by atoms with Crippen molar-refractivity contribution in [2.75, 3.05) is 13.2 Å². The summed E-state index contributed by atoms with van der Waals surface area (Å²) in [4.78, 5) is 14.0. The first-order valence-corrected chi connectivity index (χ1v) is 6.78. The first-order valence-electron chi connectivity index (χ1n) is 6.78. The molecule has 20 heavy (non-hydrogen) atoms. The molecule has 1 aromatic heterocycles. The van der Waals surface area contributed by atoms with Gasteiger partial charge in [-0.3, -0.25) is 4.79 Å². The monoisotopic (exact) mass is 271 g/mol. The average Bonchev–Trinajstić information content (AvgIpc) is 3.11. The van der Waals surface area contributed by atoms with Crippen LogP contribution in [0.2, 0.25) is 0 Å². The Morgan fingerprint density at radius 3 is 2.65 bits per heavy atom. The zero-order chi connectivity index (χ0) is 13.9. The fourth-order valence-electron chi connectivity index (χ4n) is 2.76. The van der Waals surface area contributed by atoms with E-state index in [2.05, 4.69) is 0 Å². The number of aliphatic hydroxyl groups is 1. The van der Waals surface area contributed by atoms with E-state index < -0.39 is 0 Å². The maximum Gasteiger partial charge on any atom is 0.223 e. The minimum atomic E-state index is -0.213. The van der Waals surface area contributed by atoms with Gasteiger partial charge in [0.1, 0.15) is 11.8 Å². The van der Waals surface area contributed by atoms with Gasteiger partial charge in [-0.2, -0.15) is 0 Å². The summed E-state index contributed by atoms with van der Waals surface area (Å²) in [6, 6.07) is 13.3. The first kappa shape index (κ1) is 12.9. The number of rotatable bonds is 4. The lowest BCUT2D eigenvalue weighted by atomic mass is 10.0. The van der Waals surface area contributed by atoms with Crippen LogP contribution in [0.3, 0.4) is 0 Å². The van der Waals surface area contributed by atoms with Crippen molar-refractivity contribution in [1.29, 1.82) is 0 Å². The molecule has 2 atom stereocenters. The minimum Gasteiger partial charge on any atom is -0.467 e. The Kier molecular flexibility index (Phi) is 3.56. The molecule has 1 fully saturated rings. The third kappa shape index (κ3) is 2.34. The Hall–Kier alpha value is -2.07. The van der Waals surface area contributed by atoms with Crippen LogP contribution < -0.4 is 0 Å². The van der Waals surface area contributed by atoms with E-state index in [4.69, 9.17) is 4.42 Å². The van der Waals surface area contributed by atoms with E-state index >= 15 is 0 Å². The first-order chi connectivity index (χ1) is 9.79. The number of carbonyl (C=O) groups is 1. The molecular formula is C16H17NO3. The van der Waals surface area contributed by atoms with Gasteiger partial charge in [0.25, 0.3) is 0 Å². The fraction of sp³-hybridized carbons (Fsp3) is 0.312. The molecule has 0 spiro atoms. The molecular weight excluding hydrogens is 254 g/mol. The molecule has 104 valence electrons. The lowest BCUT2D eigenvalue weighted by Crippen LogP contribution is -2.31. The van der Waals surface area contributed by atoms with Gasteiger partial charge in [0.2, 0.25) is 5.91 Å². The molecule has 0 saturated carbocycles. The van der Waals surface area contributed by atoms with Gasteiger partial charge in [0.05, 0.1) is 6.26 Å². The molecule has 0 bridgehead atoms. The summed E-state index contributed by atoms with van der Waals surface area (Å²) < 4.78 is 5.52. The number of aliphatic hydroxyl groups excluding tert-OH is 1. The van der Waals surface area contributed by atoms with Gasteiger partial charge in [-0.25, -0.2) is 0 Å². The third-order valence-corrected chi connectivity index (χ3v) is 3.74. The number of amides is 1. The van der Waals surface area contributed by atoms with Gasteiger partial charge < -0.3 is 14.4 Å². The van der Waals surface area contributed by atoms with Crippen LogP contribution in [0.25, 0.3) is 0 Å². The Morgan fingerprint density at radius 2 is 2.05 bits per heavy atom. The normalized spacial score (nSPS) is 20.4. The van der Waals surface area contributed by atoms with E-state index in [0.717, 1.165) is 11.3 Å². The van der Waals surface area contributed by atoms with Gasteiger partial charge in [-0.05, 0) is 17.7 Å². The van der Waals surface area contributed by atoms with Gasteiger partial charge in [0.15, 0.2) is 0 Å². The molecule has 2 heterocycles. The lowest BCUT2D eigenvalue weighted by molar-refractivity contribution is -0.129. The highest BCUT2D eigenvalue weighted by Gasteiger charge is 2.36. The zero-order valence-electron chi connectivity index (χ0n) is 11.1. The Bertz CT molecular complexity index is 565. The van der Waals surface area contributed by atoms with Crippen molar-refractivity contribution in [3.63, 3.8) is 0 Å².